The molecule has 0 heterocycles. The predicted octanol–water partition coefficient (Wildman–Crippen LogP) is 4.33. The highest BCUT2D eigenvalue weighted by Gasteiger charge is 2.34. The first kappa shape index (κ1) is 16.1. The summed E-state index contributed by atoms with van der Waals surface area (Å²) >= 11 is 5.83. The maximum atomic E-state index is 13.2. The van der Waals surface area contributed by atoms with Crippen molar-refractivity contribution in [2.75, 3.05) is 11.1 Å². The van der Waals surface area contributed by atoms with Crippen molar-refractivity contribution in [1.82, 2.24) is 0 Å². The summed E-state index contributed by atoms with van der Waals surface area (Å²) in [6, 6.07) is 6.29. The van der Waals surface area contributed by atoms with Gasteiger partial charge in [0.25, 0.3) is 5.91 Å². The van der Waals surface area contributed by atoms with Crippen molar-refractivity contribution in [3.05, 3.63) is 58.4 Å². The molecular weight excluding hydrogens is 324 g/mol. The van der Waals surface area contributed by atoms with Crippen LogP contribution >= 0.6 is 11.6 Å². The number of nitrogens with two attached hydrogens (primary N) is 1. The molecule has 22 heavy (non-hydrogen) atoms. The highest BCUT2D eigenvalue weighted by molar-refractivity contribution is 6.34. The molecule has 0 saturated carbocycles. The van der Waals surface area contributed by atoms with Gasteiger partial charge in [0.2, 0.25) is 0 Å². The standard InChI is InChI=1S/C14H9ClF4N2O/c15-11-3-1-7(20)5-9(11)13(22)21-8-2-4-12(16)10(6-8)14(17,18)19/h1-6H,20H2,(H,21,22). The van der Waals surface area contributed by atoms with Gasteiger partial charge in [-0.1, -0.05) is 11.6 Å². The minimum absolute atomic E-state index is 0.000416. The summed E-state index contributed by atoms with van der Waals surface area (Å²) in [7, 11) is 0. The van der Waals surface area contributed by atoms with Crippen molar-refractivity contribution in [3.8, 4) is 0 Å². The third-order valence-electron chi connectivity index (χ3n) is 2.76. The molecule has 0 aliphatic rings. The average Bonchev–Trinajstić information content (AvgIpc) is 2.42. The van der Waals surface area contributed by atoms with Crippen LogP contribution in [0.4, 0.5) is 28.9 Å². The van der Waals surface area contributed by atoms with Crippen LogP contribution in [0.3, 0.4) is 0 Å². The molecule has 0 aromatic heterocycles. The first-order valence-corrected chi connectivity index (χ1v) is 6.29. The second kappa shape index (κ2) is 5.84. The van der Waals surface area contributed by atoms with E-state index in [1.54, 1.807) is 0 Å². The van der Waals surface area contributed by atoms with Gasteiger partial charge in [-0.2, -0.15) is 13.2 Å². The topological polar surface area (TPSA) is 55.1 Å². The molecule has 0 aliphatic carbocycles. The zero-order chi connectivity index (χ0) is 16.5. The zero-order valence-electron chi connectivity index (χ0n) is 10.8. The second-order valence-corrected chi connectivity index (χ2v) is 4.79. The highest BCUT2D eigenvalue weighted by atomic mass is 35.5. The summed E-state index contributed by atoms with van der Waals surface area (Å²) < 4.78 is 51.0. The number of halogens is 5. The number of rotatable bonds is 2. The van der Waals surface area contributed by atoms with Crippen LogP contribution in [0.1, 0.15) is 15.9 Å². The number of carbonyl (C=O) groups excluding carboxylic acids is 1. The van der Waals surface area contributed by atoms with Crippen LogP contribution in [0, 0.1) is 5.82 Å². The van der Waals surface area contributed by atoms with Crippen LogP contribution in [0.5, 0.6) is 0 Å². The molecule has 2 rings (SSSR count). The molecule has 2 aromatic rings. The van der Waals surface area contributed by atoms with E-state index in [0.29, 0.717) is 12.1 Å². The molecular formula is C14H9ClF4N2O. The van der Waals surface area contributed by atoms with Gasteiger partial charge in [-0.25, -0.2) is 4.39 Å². The van der Waals surface area contributed by atoms with E-state index in [9.17, 15) is 22.4 Å². The van der Waals surface area contributed by atoms with Gasteiger partial charge in [0.05, 0.1) is 16.1 Å². The third-order valence-corrected chi connectivity index (χ3v) is 3.09. The first-order valence-electron chi connectivity index (χ1n) is 5.91. The Morgan fingerprint density at radius 1 is 1.14 bits per heavy atom. The van der Waals surface area contributed by atoms with E-state index in [1.165, 1.54) is 18.2 Å². The number of hydrogen-bond donors (Lipinski definition) is 2. The number of alkyl halides is 3. The van der Waals surface area contributed by atoms with E-state index in [2.05, 4.69) is 5.32 Å². The van der Waals surface area contributed by atoms with Crippen LogP contribution in [0.15, 0.2) is 36.4 Å². The quantitative estimate of drug-likeness (QED) is 0.635. The summed E-state index contributed by atoms with van der Waals surface area (Å²) in [5, 5.41) is 2.31. The van der Waals surface area contributed by atoms with E-state index >= 15 is 0 Å². The van der Waals surface area contributed by atoms with E-state index in [4.69, 9.17) is 17.3 Å². The van der Waals surface area contributed by atoms with E-state index < -0.39 is 23.5 Å². The van der Waals surface area contributed by atoms with Gasteiger partial charge in [0.15, 0.2) is 0 Å². The van der Waals surface area contributed by atoms with Gasteiger partial charge in [-0.05, 0) is 36.4 Å². The number of benzene rings is 2. The van der Waals surface area contributed by atoms with Crippen LogP contribution in [-0.4, -0.2) is 5.91 Å². The fourth-order valence-electron chi connectivity index (χ4n) is 1.74. The lowest BCUT2D eigenvalue weighted by molar-refractivity contribution is -0.139. The Kier molecular flexibility index (Phi) is 4.27. The summed E-state index contributed by atoms with van der Waals surface area (Å²) in [5.41, 5.74) is 4.11. The van der Waals surface area contributed by atoms with Gasteiger partial charge in [-0.15, -0.1) is 0 Å². The maximum absolute atomic E-state index is 13.2. The van der Waals surface area contributed by atoms with Gasteiger partial charge in [0, 0.05) is 11.4 Å². The minimum Gasteiger partial charge on any atom is -0.399 e. The lowest BCUT2D eigenvalue weighted by Gasteiger charge is -2.11. The molecule has 3 N–H and O–H groups in total. The number of carbonyl (C=O) groups is 1. The van der Waals surface area contributed by atoms with Gasteiger partial charge in [0.1, 0.15) is 5.82 Å². The fourth-order valence-corrected chi connectivity index (χ4v) is 1.94. The predicted molar refractivity (Wildman–Crippen MR) is 75.2 cm³/mol. The Morgan fingerprint density at radius 3 is 2.45 bits per heavy atom. The number of nitrogens with one attached hydrogen (secondary N) is 1. The van der Waals surface area contributed by atoms with E-state index in [0.717, 1.165) is 6.07 Å². The minimum atomic E-state index is -4.86. The lowest BCUT2D eigenvalue weighted by Crippen LogP contribution is -2.15. The van der Waals surface area contributed by atoms with Crippen LogP contribution < -0.4 is 11.1 Å². The molecule has 0 atom stereocenters. The molecule has 8 heteroatoms. The first-order chi connectivity index (χ1) is 10.2. The Hall–Kier alpha value is -2.28. The summed E-state index contributed by atoms with van der Waals surface area (Å²) in [4.78, 5) is 12.0. The molecule has 0 fully saturated rings. The smallest absolute Gasteiger partial charge is 0.399 e. The Labute approximate surface area is 127 Å². The molecule has 0 aliphatic heterocycles. The van der Waals surface area contributed by atoms with Crippen molar-refractivity contribution in [2.24, 2.45) is 0 Å². The van der Waals surface area contributed by atoms with Crippen molar-refractivity contribution in [3.63, 3.8) is 0 Å². The van der Waals surface area contributed by atoms with Gasteiger partial charge < -0.3 is 11.1 Å². The molecule has 0 radical (unpaired) electrons. The normalized spacial score (nSPS) is 11.3. The molecule has 116 valence electrons. The number of anilines is 2. The third kappa shape index (κ3) is 3.48. The largest absolute Gasteiger partial charge is 0.419 e. The van der Waals surface area contributed by atoms with Crippen LogP contribution in [0.2, 0.25) is 5.02 Å². The summed E-state index contributed by atoms with van der Waals surface area (Å²) in [6.45, 7) is 0. The SMILES string of the molecule is Nc1ccc(Cl)c(C(=O)Nc2ccc(F)c(C(F)(F)F)c2)c1. The Bertz CT molecular complexity index is 731. The van der Waals surface area contributed by atoms with Gasteiger partial charge in [-0.3, -0.25) is 4.79 Å². The van der Waals surface area contributed by atoms with E-state index in [1.807, 2.05) is 0 Å². The molecule has 0 bridgehead atoms. The molecule has 1 amide bonds. The summed E-state index contributed by atoms with van der Waals surface area (Å²) in [5.74, 6) is -2.18. The van der Waals surface area contributed by atoms with E-state index in [-0.39, 0.29) is 22.0 Å². The monoisotopic (exact) mass is 332 g/mol. The van der Waals surface area contributed by atoms with Crippen molar-refractivity contribution >= 4 is 28.9 Å². The fraction of sp³-hybridized carbons (Fsp3) is 0.0714. The maximum Gasteiger partial charge on any atom is 0.419 e. The lowest BCUT2D eigenvalue weighted by atomic mass is 10.1. The van der Waals surface area contributed by atoms with Crippen molar-refractivity contribution in [2.45, 2.75) is 6.18 Å². The van der Waals surface area contributed by atoms with Crippen LogP contribution in [0.25, 0.3) is 0 Å². The molecule has 0 saturated heterocycles. The molecule has 0 unspecified atom stereocenters. The number of hydrogen-bond acceptors (Lipinski definition) is 2. The van der Waals surface area contributed by atoms with Crippen molar-refractivity contribution in [1.29, 1.82) is 0 Å². The summed E-state index contributed by atoms with van der Waals surface area (Å²) in [6.07, 6.45) is -4.86. The zero-order valence-corrected chi connectivity index (χ0v) is 11.6. The Balaban J connectivity index is 2.31. The Morgan fingerprint density at radius 2 is 1.82 bits per heavy atom. The van der Waals surface area contributed by atoms with Gasteiger partial charge >= 0.3 is 6.18 Å². The molecule has 0 spiro atoms. The van der Waals surface area contributed by atoms with Crippen LogP contribution in [-0.2, 0) is 6.18 Å². The second-order valence-electron chi connectivity index (χ2n) is 4.39. The molecule has 2 aromatic carbocycles. The number of amides is 1. The van der Waals surface area contributed by atoms with Crippen molar-refractivity contribution < 1.29 is 22.4 Å². The average molecular weight is 333 g/mol. The molecule has 3 nitrogen and oxygen atoms in total. The number of nitrogen functional groups attached to an aromatic ring is 1. The highest BCUT2D eigenvalue weighted by Crippen LogP contribution is 2.33.